The maximum atomic E-state index is 13.1. The van der Waals surface area contributed by atoms with Gasteiger partial charge in [-0.3, -0.25) is 13.8 Å². The maximum absolute atomic E-state index is 13.1. The number of carbonyl (C=O) groups is 1. The average molecular weight is 467 g/mol. The predicted molar refractivity (Wildman–Crippen MR) is 106 cm³/mol. The number of hydrogen-bond acceptors (Lipinski definition) is 7. The van der Waals surface area contributed by atoms with E-state index in [9.17, 15) is 22.2 Å². The van der Waals surface area contributed by atoms with Gasteiger partial charge in [-0.15, -0.1) is 5.10 Å². The Balaban J connectivity index is 1.93. The highest BCUT2D eigenvalue weighted by atomic mass is 32.2. The molecule has 0 spiro atoms. The Morgan fingerprint density at radius 3 is 2.72 bits per heavy atom. The second-order valence-electron chi connectivity index (χ2n) is 6.40. The highest BCUT2D eigenvalue weighted by Crippen LogP contribution is 2.31. The summed E-state index contributed by atoms with van der Waals surface area (Å²) in [6.45, 7) is 3.60. The van der Waals surface area contributed by atoms with Crippen molar-refractivity contribution in [1.82, 2.24) is 34.7 Å². The van der Waals surface area contributed by atoms with Crippen molar-refractivity contribution in [3.63, 3.8) is 0 Å². The Hall–Kier alpha value is -3.39. The lowest BCUT2D eigenvalue weighted by Crippen LogP contribution is -2.26. The van der Waals surface area contributed by atoms with Crippen molar-refractivity contribution >= 4 is 28.0 Å². The van der Waals surface area contributed by atoms with Crippen molar-refractivity contribution in [2.45, 2.75) is 25.0 Å². The molecule has 0 saturated carbocycles. The first-order chi connectivity index (χ1) is 15.2. The highest BCUT2D eigenvalue weighted by molar-refractivity contribution is 7.85. The molecule has 0 aliphatic carbocycles. The molecule has 0 fully saturated rings. The molecule has 1 unspecified atom stereocenters. The first-order valence-electron chi connectivity index (χ1n) is 9.36. The number of halogens is 3. The number of pyridine rings is 1. The SMILES string of the molecule is CCONC(=O)c1ccnc2c(-c3nc4cc(C(F)(F)F)ccn4n3)c(S(=O)CC)nn12. The molecular formula is C18H16F3N7O3S. The summed E-state index contributed by atoms with van der Waals surface area (Å²) in [6, 6.07) is 3.12. The Morgan fingerprint density at radius 1 is 1.25 bits per heavy atom. The molecule has 0 bridgehead atoms. The molecule has 32 heavy (non-hydrogen) atoms. The van der Waals surface area contributed by atoms with Crippen LogP contribution in [0.15, 0.2) is 35.6 Å². The molecule has 0 aliphatic heterocycles. The third kappa shape index (κ3) is 3.82. The van der Waals surface area contributed by atoms with Gasteiger partial charge in [0.1, 0.15) is 11.3 Å². The van der Waals surface area contributed by atoms with Gasteiger partial charge in [-0.05, 0) is 25.1 Å². The van der Waals surface area contributed by atoms with Crippen molar-refractivity contribution < 1.29 is 27.0 Å². The Labute approximate surface area is 180 Å². The number of nitrogens with one attached hydrogen (secondary N) is 1. The van der Waals surface area contributed by atoms with E-state index in [0.29, 0.717) is 0 Å². The van der Waals surface area contributed by atoms with E-state index in [1.807, 2.05) is 0 Å². The van der Waals surface area contributed by atoms with Crippen molar-refractivity contribution in [2.75, 3.05) is 12.4 Å². The molecule has 0 aromatic carbocycles. The molecule has 168 valence electrons. The summed E-state index contributed by atoms with van der Waals surface area (Å²) < 4.78 is 54.2. The van der Waals surface area contributed by atoms with E-state index in [1.165, 1.54) is 21.3 Å². The monoisotopic (exact) mass is 467 g/mol. The van der Waals surface area contributed by atoms with Crippen molar-refractivity contribution in [3.8, 4) is 11.4 Å². The smallest absolute Gasteiger partial charge is 0.274 e. The van der Waals surface area contributed by atoms with Gasteiger partial charge in [0.05, 0.1) is 23.0 Å². The van der Waals surface area contributed by atoms with Crippen LogP contribution in [0.2, 0.25) is 0 Å². The lowest BCUT2D eigenvalue weighted by Gasteiger charge is -2.05. The lowest BCUT2D eigenvalue weighted by molar-refractivity contribution is -0.137. The number of alkyl halides is 3. The number of aromatic nitrogens is 6. The molecule has 4 heterocycles. The van der Waals surface area contributed by atoms with Crippen molar-refractivity contribution in [2.24, 2.45) is 0 Å². The maximum Gasteiger partial charge on any atom is 0.416 e. The standard InChI is InChI=1S/C18H16F3N7O3S/c1-3-31-26-16(29)11-5-7-22-15-13(17(25-28(11)15)32(30)4-2)14-23-12-9-10(18(19,20)21)6-8-27(12)24-14/h5-9H,3-4H2,1-2H3,(H,26,29). The first-order valence-corrected chi connectivity index (χ1v) is 10.7. The molecule has 1 atom stereocenters. The van der Waals surface area contributed by atoms with Crippen LogP contribution < -0.4 is 5.48 Å². The molecule has 0 radical (unpaired) electrons. The highest BCUT2D eigenvalue weighted by Gasteiger charge is 2.31. The van der Waals surface area contributed by atoms with Crippen LogP contribution in [0.3, 0.4) is 0 Å². The zero-order chi connectivity index (χ0) is 23.0. The van der Waals surface area contributed by atoms with Gasteiger partial charge < -0.3 is 0 Å². The normalized spacial score (nSPS) is 13.0. The average Bonchev–Trinajstić information content (AvgIpc) is 3.36. The summed E-state index contributed by atoms with van der Waals surface area (Å²) in [7, 11) is -1.61. The molecule has 1 amide bonds. The second kappa shape index (κ2) is 8.27. The van der Waals surface area contributed by atoms with E-state index in [2.05, 4.69) is 25.6 Å². The zero-order valence-corrected chi connectivity index (χ0v) is 17.6. The van der Waals surface area contributed by atoms with Crippen LogP contribution in [0.1, 0.15) is 29.9 Å². The van der Waals surface area contributed by atoms with Gasteiger partial charge in [0.2, 0.25) is 0 Å². The molecule has 4 aromatic heterocycles. The van der Waals surface area contributed by atoms with Crippen LogP contribution in [-0.4, -0.2) is 51.7 Å². The predicted octanol–water partition coefficient (Wildman–Crippen LogP) is 2.27. The first kappa shape index (κ1) is 21.8. The summed E-state index contributed by atoms with van der Waals surface area (Å²) in [5.41, 5.74) is 1.64. The van der Waals surface area contributed by atoms with Gasteiger partial charge in [-0.2, -0.15) is 18.3 Å². The van der Waals surface area contributed by atoms with Crippen molar-refractivity contribution in [1.29, 1.82) is 0 Å². The molecular weight excluding hydrogens is 451 g/mol. The van der Waals surface area contributed by atoms with E-state index < -0.39 is 28.4 Å². The summed E-state index contributed by atoms with van der Waals surface area (Å²) >= 11 is 0. The minimum Gasteiger partial charge on any atom is -0.274 e. The number of rotatable bonds is 6. The van der Waals surface area contributed by atoms with E-state index >= 15 is 0 Å². The zero-order valence-electron chi connectivity index (χ0n) is 16.8. The molecule has 10 nitrogen and oxygen atoms in total. The van der Waals surface area contributed by atoms with E-state index in [1.54, 1.807) is 13.8 Å². The van der Waals surface area contributed by atoms with E-state index in [4.69, 9.17) is 4.84 Å². The fraction of sp³-hybridized carbons (Fsp3) is 0.278. The van der Waals surface area contributed by atoms with Crippen LogP contribution in [0.4, 0.5) is 13.2 Å². The number of fused-ring (bicyclic) bond motifs is 2. The van der Waals surface area contributed by atoms with E-state index in [-0.39, 0.29) is 45.8 Å². The molecule has 0 aliphatic rings. The number of carbonyl (C=O) groups excluding carboxylic acids is 1. The largest absolute Gasteiger partial charge is 0.416 e. The number of amides is 1. The molecule has 0 saturated heterocycles. The Morgan fingerprint density at radius 2 is 2.03 bits per heavy atom. The third-order valence-electron chi connectivity index (χ3n) is 4.39. The fourth-order valence-electron chi connectivity index (χ4n) is 2.94. The van der Waals surface area contributed by atoms with Gasteiger partial charge in [-0.1, -0.05) is 6.92 Å². The van der Waals surface area contributed by atoms with Crippen LogP contribution >= 0.6 is 0 Å². The van der Waals surface area contributed by atoms with Gasteiger partial charge in [0.25, 0.3) is 5.91 Å². The van der Waals surface area contributed by atoms with E-state index in [0.717, 1.165) is 18.3 Å². The van der Waals surface area contributed by atoms with Gasteiger partial charge >= 0.3 is 6.18 Å². The number of hydrogen-bond donors (Lipinski definition) is 1. The quantitative estimate of drug-likeness (QED) is 0.433. The van der Waals surface area contributed by atoms with Gasteiger partial charge in [0, 0.05) is 18.1 Å². The molecule has 1 N–H and O–H groups in total. The number of hydroxylamine groups is 1. The second-order valence-corrected chi connectivity index (χ2v) is 8.05. The summed E-state index contributed by atoms with van der Waals surface area (Å²) in [4.78, 5) is 25.8. The van der Waals surface area contributed by atoms with Crippen LogP contribution in [0.5, 0.6) is 0 Å². The van der Waals surface area contributed by atoms with Crippen molar-refractivity contribution in [3.05, 3.63) is 41.9 Å². The molecule has 4 aromatic rings. The fourth-order valence-corrected chi connectivity index (χ4v) is 3.80. The minimum atomic E-state index is -4.54. The molecule has 4 rings (SSSR count). The topological polar surface area (TPSA) is 116 Å². The number of nitrogens with zero attached hydrogens (tertiary/aromatic N) is 6. The van der Waals surface area contributed by atoms with Gasteiger partial charge in [0.15, 0.2) is 22.1 Å². The van der Waals surface area contributed by atoms with Crippen LogP contribution in [0.25, 0.3) is 22.7 Å². The Kier molecular flexibility index (Phi) is 5.64. The van der Waals surface area contributed by atoms with Gasteiger partial charge in [-0.25, -0.2) is 24.5 Å². The minimum absolute atomic E-state index is 0.0222. The lowest BCUT2D eigenvalue weighted by atomic mass is 10.2. The van der Waals surface area contributed by atoms with Crippen LogP contribution in [-0.2, 0) is 21.8 Å². The molecule has 14 heteroatoms. The summed E-state index contributed by atoms with van der Waals surface area (Å²) in [5, 5.41) is 8.56. The summed E-state index contributed by atoms with van der Waals surface area (Å²) in [6.07, 6.45) is -2.07. The summed E-state index contributed by atoms with van der Waals surface area (Å²) in [5.74, 6) is -0.436. The Bertz CT molecular complexity index is 1350. The van der Waals surface area contributed by atoms with Crippen LogP contribution in [0, 0.1) is 0 Å². The third-order valence-corrected chi connectivity index (χ3v) is 5.64.